The van der Waals surface area contributed by atoms with E-state index in [2.05, 4.69) is 0 Å². The van der Waals surface area contributed by atoms with Crippen molar-refractivity contribution in [1.29, 1.82) is 0 Å². The zero-order valence-electron chi connectivity index (χ0n) is 9.44. The van der Waals surface area contributed by atoms with Crippen LogP contribution in [-0.2, 0) is 0 Å². The quantitative estimate of drug-likeness (QED) is 0.446. The summed E-state index contributed by atoms with van der Waals surface area (Å²) in [6.07, 6.45) is 0. The highest BCUT2D eigenvalue weighted by molar-refractivity contribution is 6.18. The van der Waals surface area contributed by atoms with E-state index in [0.717, 1.165) is 0 Å². The number of methoxy groups -OCH3 is 2. The van der Waals surface area contributed by atoms with Crippen molar-refractivity contribution in [2.75, 3.05) is 26.7 Å². The summed E-state index contributed by atoms with van der Waals surface area (Å²) < 4.78 is 15.4. The molecule has 0 unspecified atom stereocenters. The SMILES string of the molecule is COc1cc([N+](=O)[O-])cc(OCCCl)c1OC. The van der Waals surface area contributed by atoms with Gasteiger partial charge in [-0.3, -0.25) is 10.1 Å². The molecule has 0 N–H and O–H groups in total. The van der Waals surface area contributed by atoms with E-state index in [1.54, 1.807) is 0 Å². The Labute approximate surface area is 103 Å². The van der Waals surface area contributed by atoms with E-state index in [9.17, 15) is 10.1 Å². The van der Waals surface area contributed by atoms with Crippen molar-refractivity contribution in [2.24, 2.45) is 0 Å². The molecule has 0 saturated carbocycles. The molecule has 0 fully saturated rings. The monoisotopic (exact) mass is 261 g/mol. The summed E-state index contributed by atoms with van der Waals surface area (Å²) >= 11 is 5.49. The van der Waals surface area contributed by atoms with E-state index in [1.807, 2.05) is 0 Å². The number of alkyl halides is 1. The maximum absolute atomic E-state index is 10.7. The van der Waals surface area contributed by atoms with Gasteiger partial charge in [-0.2, -0.15) is 0 Å². The molecule has 7 heteroatoms. The summed E-state index contributed by atoms with van der Waals surface area (Å²) in [4.78, 5) is 10.2. The molecular weight excluding hydrogens is 250 g/mol. The third-order valence-electron chi connectivity index (χ3n) is 1.98. The van der Waals surface area contributed by atoms with Crippen LogP contribution < -0.4 is 14.2 Å². The fourth-order valence-electron chi connectivity index (χ4n) is 1.28. The Morgan fingerprint density at radius 1 is 1.29 bits per heavy atom. The fourth-order valence-corrected chi connectivity index (χ4v) is 1.35. The lowest BCUT2D eigenvalue weighted by molar-refractivity contribution is -0.385. The van der Waals surface area contributed by atoms with Crippen LogP contribution in [0, 0.1) is 10.1 Å². The van der Waals surface area contributed by atoms with Gasteiger partial charge in [-0.15, -0.1) is 11.6 Å². The molecule has 0 aliphatic carbocycles. The van der Waals surface area contributed by atoms with Crippen molar-refractivity contribution >= 4 is 17.3 Å². The van der Waals surface area contributed by atoms with Crippen LogP contribution in [0.5, 0.6) is 17.2 Å². The molecule has 0 spiro atoms. The summed E-state index contributed by atoms with van der Waals surface area (Å²) in [5, 5.41) is 10.7. The second-order valence-electron chi connectivity index (χ2n) is 2.97. The summed E-state index contributed by atoms with van der Waals surface area (Å²) in [6.45, 7) is 0.224. The minimum Gasteiger partial charge on any atom is -0.492 e. The lowest BCUT2D eigenvalue weighted by Gasteiger charge is -2.12. The zero-order valence-corrected chi connectivity index (χ0v) is 10.2. The predicted molar refractivity (Wildman–Crippen MR) is 62.4 cm³/mol. The van der Waals surface area contributed by atoms with Gasteiger partial charge in [0.2, 0.25) is 5.75 Å². The Bertz CT molecular complexity index is 410. The van der Waals surface area contributed by atoms with Gasteiger partial charge in [0.25, 0.3) is 5.69 Å². The molecule has 0 bridgehead atoms. The topological polar surface area (TPSA) is 70.8 Å². The van der Waals surface area contributed by atoms with Gasteiger partial charge in [-0.05, 0) is 0 Å². The average molecular weight is 262 g/mol. The van der Waals surface area contributed by atoms with Gasteiger partial charge in [-0.25, -0.2) is 0 Å². The third-order valence-corrected chi connectivity index (χ3v) is 2.13. The molecule has 1 rings (SSSR count). The van der Waals surface area contributed by atoms with Crippen LogP contribution in [0.3, 0.4) is 0 Å². The number of benzene rings is 1. The molecule has 0 heterocycles. The molecule has 0 atom stereocenters. The van der Waals surface area contributed by atoms with E-state index in [1.165, 1.54) is 26.4 Å². The normalized spacial score (nSPS) is 9.82. The fraction of sp³-hybridized carbons (Fsp3) is 0.400. The van der Waals surface area contributed by atoms with Gasteiger partial charge in [0.05, 0.1) is 37.2 Å². The van der Waals surface area contributed by atoms with E-state index in [4.69, 9.17) is 25.8 Å². The van der Waals surface area contributed by atoms with Gasteiger partial charge in [0.1, 0.15) is 6.61 Å². The number of rotatable bonds is 6. The summed E-state index contributed by atoms with van der Waals surface area (Å²) in [7, 11) is 2.82. The number of hydrogen-bond donors (Lipinski definition) is 0. The van der Waals surface area contributed by atoms with Crippen LogP contribution in [0.15, 0.2) is 12.1 Å². The highest BCUT2D eigenvalue weighted by Gasteiger charge is 2.19. The van der Waals surface area contributed by atoms with E-state index in [-0.39, 0.29) is 29.7 Å². The standard InChI is InChI=1S/C10H12ClNO5/c1-15-8-5-7(12(13)14)6-9(10(8)16-2)17-4-3-11/h5-6H,3-4H2,1-2H3. The van der Waals surface area contributed by atoms with E-state index < -0.39 is 4.92 Å². The Hall–Kier alpha value is -1.69. The van der Waals surface area contributed by atoms with E-state index >= 15 is 0 Å². The predicted octanol–water partition coefficient (Wildman–Crippen LogP) is 2.23. The maximum Gasteiger partial charge on any atom is 0.277 e. The molecule has 0 aliphatic rings. The first-order valence-corrected chi connectivity index (χ1v) is 5.26. The smallest absolute Gasteiger partial charge is 0.277 e. The molecule has 0 aliphatic heterocycles. The number of nitro groups is 1. The Morgan fingerprint density at radius 3 is 2.41 bits per heavy atom. The molecule has 0 saturated heterocycles. The van der Waals surface area contributed by atoms with Gasteiger partial charge in [0, 0.05) is 0 Å². The largest absolute Gasteiger partial charge is 0.492 e. The molecule has 0 amide bonds. The Balaban J connectivity index is 3.21. The number of ether oxygens (including phenoxy) is 3. The third kappa shape index (κ3) is 3.13. The Morgan fingerprint density at radius 2 is 1.94 bits per heavy atom. The number of non-ortho nitro benzene ring substituents is 1. The highest BCUT2D eigenvalue weighted by atomic mass is 35.5. The number of halogens is 1. The molecule has 0 radical (unpaired) electrons. The molecule has 94 valence electrons. The summed E-state index contributed by atoms with van der Waals surface area (Å²) in [6, 6.07) is 2.54. The second kappa shape index (κ2) is 6.15. The number of hydrogen-bond acceptors (Lipinski definition) is 5. The van der Waals surface area contributed by atoms with Crippen molar-refractivity contribution in [1.82, 2.24) is 0 Å². The lowest BCUT2D eigenvalue weighted by atomic mass is 10.2. The van der Waals surface area contributed by atoms with Crippen molar-refractivity contribution in [3.05, 3.63) is 22.2 Å². The van der Waals surface area contributed by atoms with Crippen LogP contribution in [0.1, 0.15) is 0 Å². The maximum atomic E-state index is 10.7. The number of nitrogens with zero attached hydrogens (tertiary/aromatic N) is 1. The molecule has 6 nitrogen and oxygen atoms in total. The van der Waals surface area contributed by atoms with Crippen molar-refractivity contribution in [2.45, 2.75) is 0 Å². The van der Waals surface area contributed by atoms with E-state index in [0.29, 0.717) is 5.75 Å². The lowest BCUT2D eigenvalue weighted by Crippen LogP contribution is -2.02. The summed E-state index contributed by atoms with van der Waals surface area (Å²) in [5.74, 6) is 1.06. The van der Waals surface area contributed by atoms with Crippen LogP contribution in [0.4, 0.5) is 5.69 Å². The van der Waals surface area contributed by atoms with Gasteiger partial charge in [-0.1, -0.05) is 0 Å². The van der Waals surface area contributed by atoms with Gasteiger partial charge >= 0.3 is 0 Å². The minimum absolute atomic E-state index is 0.132. The van der Waals surface area contributed by atoms with Crippen LogP contribution >= 0.6 is 11.6 Å². The first kappa shape index (κ1) is 13.4. The molecular formula is C10H12ClNO5. The van der Waals surface area contributed by atoms with Crippen molar-refractivity contribution < 1.29 is 19.1 Å². The first-order valence-electron chi connectivity index (χ1n) is 4.73. The molecule has 0 aromatic heterocycles. The number of nitro benzene ring substituents is 1. The minimum atomic E-state index is -0.532. The molecule has 1 aromatic rings. The highest BCUT2D eigenvalue weighted by Crippen LogP contribution is 2.40. The van der Waals surface area contributed by atoms with Crippen LogP contribution in [0.25, 0.3) is 0 Å². The van der Waals surface area contributed by atoms with Crippen LogP contribution in [-0.4, -0.2) is 31.6 Å². The summed E-state index contributed by atoms with van der Waals surface area (Å²) in [5.41, 5.74) is -0.132. The van der Waals surface area contributed by atoms with Crippen LogP contribution in [0.2, 0.25) is 0 Å². The van der Waals surface area contributed by atoms with Crippen molar-refractivity contribution in [3.63, 3.8) is 0 Å². The van der Waals surface area contributed by atoms with Gasteiger partial charge < -0.3 is 14.2 Å². The average Bonchev–Trinajstić information content (AvgIpc) is 2.34. The second-order valence-corrected chi connectivity index (χ2v) is 3.35. The molecule has 17 heavy (non-hydrogen) atoms. The molecule has 1 aromatic carbocycles. The Kier molecular flexibility index (Phi) is 4.84. The van der Waals surface area contributed by atoms with Crippen molar-refractivity contribution in [3.8, 4) is 17.2 Å². The zero-order chi connectivity index (χ0) is 12.8. The van der Waals surface area contributed by atoms with Gasteiger partial charge in [0.15, 0.2) is 11.5 Å². The first-order chi connectivity index (χ1) is 8.13.